The first-order chi connectivity index (χ1) is 8.29. The predicted octanol–water partition coefficient (Wildman–Crippen LogP) is 0.872. The number of hydrogen-bond acceptors (Lipinski definition) is 4. The van der Waals surface area contributed by atoms with Crippen LogP contribution in [0.2, 0.25) is 0 Å². The highest BCUT2D eigenvalue weighted by atomic mass is 15.3. The van der Waals surface area contributed by atoms with Crippen LogP contribution in [-0.4, -0.2) is 45.3 Å². The third-order valence-electron chi connectivity index (χ3n) is 3.34. The van der Waals surface area contributed by atoms with Crippen molar-refractivity contribution in [1.29, 1.82) is 0 Å². The van der Waals surface area contributed by atoms with Crippen molar-refractivity contribution < 1.29 is 0 Å². The minimum absolute atomic E-state index is 0.606. The van der Waals surface area contributed by atoms with Gasteiger partial charge < -0.3 is 9.88 Å². The number of nitrogens with zero attached hydrogens (tertiary/aromatic N) is 4. The van der Waals surface area contributed by atoms with Gasteiger partial charge in [-0.3, -0.25) is 4.90 Å². The summed E-state index contributed by atoms with van der Waals surface area (Å²) in [6.45, 7) is 9.82. The van der Waals surface area contributed by atoms with Crippen molar-refractivity contribution in [2.24, 2.45) is 0 Å². The molecule has 96 valence electrons. The molecule has 5 heteroatoms. The molecule has 0 spiro atoms. The lowest BCUT2D eigenvalue weighted by Gasteiger charge is -2.28. The largest absolute Gasteiger partial charge is 0.315 e. The van der Waals surface area contributed by atoms with E-state index in [-0.39, 0.29) is 0 Å². The minimum Gasteiger partial charge on any atom is -0.315 e. The Balaban J connectivity index is 1.71. The van der Waals surface area contributed by atoms with Crippen LogP contribution in [0.25, 0.3) is 0 Å². The van der Waals surface area contributed by atoms with Crippen LogP contribution in [0.5, 0.6) is 0 Å². The topological polar surface area (TPSA) is 46.0 Å². The van der Waals surface area contributed by atoms with Gasteiger partial charge in [0.15, 0.2) is 0 Å². The fourth-order valence-corrected chi connectivity index (χ4v) is 2.18. The molecule has 1 aliphatic heterocycles. The molecule has 1 aliphatic rings. The molecule has 1 N–H and O–H groups in total. The fourth-order valence-electron chi connectivity index (χ4n) is 2.18. The molecule has 1 atom stereocenters. The molecule has 0 fully saturated rings. The van der Waals surface area contributed by atoms with Gasteiger partial charge in [-0.1, -0.05) is 6.92 Å². The second kappa shape index (κ2) is 6.12. The van der Waals surface area contributed by atoms with Gasteiger partial charge in [-0.05, 0) is 26.3 Å². The van der Waals surface area contributed by atoms with Crippen molar-refractivity contribution in [3.8, 4) is 0 Å². The summed E-state index contributed by atoms with van der Waals surface area (Å²) in [5.41, 5.74) is 0. The molecule has 0 amide bonds. The molecular formula is C12H23N5. The average Bonchev–Trinajstić information content (AvgIpc) is 2.81. The molecule has 17 heavy (non-hydrogen) atoms. The van der Waals surface area contributed by atoms with Gasteiger partial charge in [0, 0.05) is 25.7 Å². The van der Waals surface area contributed by atoms with Gasteiger partial charge in [-0.25, -0.2) is 0 Å². The first-order valence-electron chi connectivity index (χ1n) is 6.62. The van der Waals surface area contributed by atoms with E-state index < -0.39 is 0 Å². The van der Waals surface area contributed by atoms with Crippen LogP contribution < -0.4 is 5.32 Å². The summed E-state index contributed by atoms with van der Waals surface area (Å²) in [7, 11) is 0. The van der Waals surface area contributed by atoms with Crippen LogP contribution in [0.15, 0.2) is 6.33 Å². The normalized spacial score (nSPS) is 18.0. The van der Waals surface area contributed by atoms with Crippen molar-refractivity contribution in [3.63, 3.8) is 0 Å². The van der Waals surface area contributed by atoms with E-state index in [1.165, 1.54) is 12.8 Å². The Morgan fingerprint density at radius 2 is 2.35 bits per heavy atom. The second-order valence-corrected chi connectivity index (χ2v) is 4.86. The van der Waals surface area contributed by atoms with Gasteiger partial charge in [0.05, 0.1) is 6.54 Å². The number of nitrogens with one attached hydrogen (secondary N) is 1. The molecule has 1 unspecified atom stereocenters. The summed E-state index contributed by atoms with van der Waals surface area (Å²) < 4.78 is 2.15. The van der Waals surface area contributed by atoms with Crippen LogP contribution in [0, 0.1) is 0 Å². The highest BCUT2D eigenvalue weighted by Crippen LogP contribution is 2.09. The van der Waals surface area contributed by atoms with Crippen molar-refractivity contribution in [3.05, 3.63) is 12.2 Å². The maximum atomic E-state index is 4.14. The summed E-state index contributed by atoms with van der Waals surface area (Å²) in [6, 6.07) is 0.606. The maximum Gasteiger partial charge on any atom is 0.147 e. The Hall–Kier alpha value is -0.940. The lowest BCUT2D eigenvalue weighted by molar-refractivity contribution is 0.207. The van der Waals surface area contributed by atoms with Crippen LogP contribution in [0.1, 0.15) is 32.5 Å². The van der Waals surface area contributed by atoms with Crippen molar-refractivity contribution in [1.82, 2.24) is 25.0 Å². The van der Waals surface area contributed by atoms with E-state index in [2.05, 4.69) is 38.8 Å². The molecular weight excluding hydrogens is 214 g/mol. The standard InChI is InChI=1S/C12H23N5/c1-3-5-13-11(2)4-6-16-7-8-17-10-14-15-12(17)9-16/h10-11,13H,3-9H2,1-2H3. The van der Waals surface area contributed by atoms with Crippen molar-refractivity contribution in [2.45, 2.75) is 45.8 Å². The van der Waals surface area contributed by atoms with Crippen LogP contribution >= 0.6 is 0 Å². The summed E-state index contributed by atoms with van der Waals surface area (Å²) >= 11 is 0. The lowest BCUT2D eigenvalue weighted by atomic mass is 10.2. The molecule has 0 saturated carbocycles. The zero-order valence-corrected chi connectivity index (χ0v) is 10.9. The van der Waals surface area contributed by atoms with E-state index in [0.717, 1.165) is 38.5 Å². The summed E-state index contributed by atoms with van der Waals surface area (Å²) in [6.07, 6.45) is 4.24. The minimum atomic E-state index is 0.606. The van der Waals surface area contributed by atoms with E-state index in [1.54, 1.807) is 0 Å². The van der Waals surface area contributed by atoms with Crippen molar-refractivity contribution in [2.75, 3.05) is 19.6 Å². The number of aromatic nitrogens is 3. The van der Waals surface area contributed by atoms with Gasteiger partial charge in [-0.2, -0.15) is 0 Å². The maximum absolute atomic E-state index is 4.14. The molecule has 0 radical (unpaired) electrons. The monoisotopic (exact) mass is 237 g/mol. The molecule has 0 saturated heterocycles. The summed E-state index contributed by atoms with van der Waals surface area (Å²) in [4.78, 5) is 2.47. The Morgan fingerprint density at radius 3 is 3.18 bits per heavy atom. The first-order valence-corrected chi connectivity index (χ1v) is 6.62. The Kier molecular flexibility index (Phi) is 4.50. The summed E-state index contributed by atoms with van der Waals surface area (Å²) in [5, 5.41) is 11.6. The zero-order chi connectivity index (χ0) is 12.1. The fraction of sp³-hybridized carbons (Fsp3) is 0.833. The van der Waals surface area contributed by atoms with Crippen LogP contribution in [-0.2, 0) is 13.1 Å². The van der Waals surface area contributed by atoms with Gasteiger partial charge >= 0.3 is 0 Å². The average molecular weight is 237 g/mol. The summed E-state index contributed by atoms with van der Waals surface area (Å²) in [5.74, 6) is 1.10. The highest BCUT2D eigenvalue weighted by molar-refractivity contribution is 4.89. The quantitative estimate of drug-likeness (QED) is 0.797. The van der Waals surface area contributed by atoms with Gasteiger partial charge in [0.25, 0.3) is 0 Å². The molecule has 2 rings (SSSR count). The van der Waals surface area contributed by atoms with E-state index >= 15 is 0 Å². The lowest BCUT2D eigenvalue weighted by Crippen LogP contribution is -2.37. The zero-order valence-electron chi connectivity index (χ0n) is 10.9. The van der Waals surface area contributed by atoms with Gasteiger partial charge in [0.1, 0.15) is 12.2 Å². The Bertz CT molecular complexity index is 335. The van der Waals surface area contributed by atoms with E-state index in [0.29, 0.717) is 6.04 Å². The smallest absolute Gasteiger partial charge is 0.147 e. The Morgan fingerprint density at radius 1 is 1.47 bits per heavy atom. The number of fused-ring (bicyclic) bond motifs is 1. The molecule has 0 aromatic carbocycles. The SMILES string of the molecule is CCCNC(C)CCN1CCn2cnnc2C1. The Labute approximate surface area is 103 Å². The third kappa shape index (κ3) is 3.51. The highest BCUT2D eigenvalue weighted by Gasteiger charge is 2.17. The van der Waals surface area contributed by atoms with Crippen molar-refractivity contribution >= 4 is 0 Å². The molecule has 1 aromatic rings. The van der Waals surface area contributed by atoms with Crippen LogP contribution in [0.4, 0.5) is 0 Å². The third-order valence-corrected chi connectivity index (χ3v) is 3.34. The molecule has 2 heterocycles. The van der Waals surface area contributed by atoms with Gasteiger partial charge in [0.2, 0.25) is 0 Å². The predicted molar refractivity (Wildman–Crippen MR) is 67.7 cm³/mol. The molecule has 0 bridgehead atoms. The van der Waals surface area contributed by atoms with E-state index in [4.69, 9.17) is 0 Å². The van der Waals surface area contributed by atoms with Gasteiger partial charge in [-0.15, -0.1) is 10.2 Å². The van der Waals surface area contributed by atoms with Crippen LogP contribution in [0.3, 0.4) is 0 Å². The number of rotatable bonds is 6. The molecule has 1 aromatic heterocycles. The molecule has 5 nitrogen and oxygen atoms in total. The number of hydrogen-bond donors (Lipinski definition) is 1. The molecule has 0 aliphatic carbocycles. The van der Waals surface area contributed by atoms with E-state index in [1.807, 2.05) is 6.33 Å². The van der Waals surface area contributed by atoms with E-state index in [9.17, 15) is 0 Å². The second-order valence-electron chi connectivity index (χ2n) is 4.86. The first kappa shape index (κ1) is 12.5.